The summed E-state index contributed by atoms with van der Waals surface area (Å²) in [6.45, 7) is 8.12. The fraction of sp³-hybridized carbons (Fsp3) is 0.500. The second kappa shape index (κ2) is 7.57. The summed E-state index contributed by atoms with van der Waals surface area (Å²) in [5, 5.41) is 8.66. The molecule has 1 aromatic heterocycles. The van der Waals surface area contributed by atoms with E-state index >= 15 is 0 Å². The van der Waals surface area contributed by atoms with E-state index in [4.69, 9.17) is 11.6 Å². The van der Waals surface area contributed by atoms with Crippen molar-refractivity contribution in [1.82, 2.24) is 20.1 Å². The second-order valence-corrected chi connectivity index (χ2v) is 5.62. The van der Waals surface area contributed by atoms with Crippen molar-refractivity contribution in [2.75, 3.05) is 6.54 Å². The minimum absolute atomic E-state index is 0.232. The molecule has 0 aliphatic rings. The highest BCUT2D eigenvalue weighted by atomic mass is 35.5. The first kappa shape index (κ1) is 16.0. The van der Waals surface area contributed by atoms with Crippen molar-refractivity contribution in [1.29, 1.82) is 0 Å². The van der Waals surface area contributed by atoms with Crippen LogP contribution < -0.4 is 5.32 Å². The molecule has 2 aromatic rings. The Morgan fingerprint density at radius 2 is 2.14 bits per heavy atom. The van der Waals surface area contributed by atoms with Crippen molar-refractivity contribution >= 4 is 11.6 Å². The van der Waals surface area contributed by atoms with Gasteiger partial charge in [0.2, 0.25) is 0 Å². The van der Waals surface area contributed by atoms with Crippen molar-refractivity contribution in [2.45, 2.75) is 46.2 Å². The Labute approximate surface area is 131 Å². The summed E-state index contributed by atoms with van der Waals surface area (Å²) in [5.74, 6) is 1.01. The smallest absolute Gasteiger partial charge is 0.138 e. The number of hydrogen-bond acceptors (Lipinski definition) is 3. The lowest BCUT2D eigenvalue weighted by Crippen LogP contribution is -2.25. The van der Waals surface area contributed by atoms with Gasteiger partial charge in [0.25, 0.3) is 0 Å². The van der Waals surface area contributed by atoms with Gasteiger partial charge in [0.15, 0.2) is 0 Å². The van der Waals surface area contributed by atoms with Gasteiger partial charge in [0, 0.05) is 24.0 Å². The van der Waals surface area contributed by atoms with E-state index in [-0.39, 0.29) is 6.04 Å². The molecule has 0 saturated heterocycles. The SMILES string of the molecule is CCCNC(Cc1ncnn1CC)c1ccc(Cl)c(C)c1. The van der Waals surface area contributed by atoms with Crippen molar-refractivity contribution in [2.24, 2.45) is 0 Å². The second-order valence-electron chi connectivity index (χ2n) is 5.21. The number of benzene rings is 1. The quantitative estimate of drug-likeness (QED) is 0.851. The largest absolute Gasteiger partial charge is 0.310 e. The van der Waals surface area contributed by atoms with Gasteiger partial charge in [0.05, 0.1) is 0 Å². The van der Waals surface area contributed by atoms with Crippen LogP contribution in [0.5, 0.6) is 0 Å². The molecular formula is C16H23ClN4. The van der Waals surface area contributed by atoms with Crippen LogP contribution in [-0.4, -0.2) is 21.3 Å². The standard InChI is InChI=1S/C16H23ClN4/c1-4-8-18-15(10-16-19-11-20-21(16)5-2)13-6-7-14(17)12(3)9-13/h6-7,9,11,15,18H,4-5,8,10H2,1-3H3. The summed E-state index contributed by atoms with van der Waals surface area (Å²) in [6, 6.07) is 6.45. The molecule has 114 valence electrons. The fourth-order valence-corrected chi connectivity index (χ4v) is 2.52. The predicted molar refractivity (Wildman–Crippen MR) is 86.6 cm³/mol. The number of rotatable bonds is 7. The number of aromatic nitrogens is 3. The summed E-state index contributed by atoms with van der Waals surface area (Å²) < 4.78 is 1.95. The molecule has 0 aliphatic carbocycles. The molecule has 0 aliphatic heterocycles. The highest BCUT2D eigenvalue weighted by Gasteiger charge is 2.15. The van der Waals surface area contributed by atoms with Crippen LogP contribution >= 0.6 is 11.6 Å². The van der Waals surface area contributed by atoms with Crippen LogP contribution in [0.15, 0.2) is 24.5 Å². The first-order valence-electron chi connectivity index (χ1n) is 7.51. The van der Waals surface area contributed by atoms with Crippen molar-refractivity contribution in [3.05, 3.63) is 46.5 Å². The Hall–Kier alpha value is -1.39. The lowest BCUT2D eigenvalue weighted by molar-refractivity contribution is 0.496. The molecule has 1 aromatic carbocycles. The maximum absolute atomic E-state index is 6.13. The Balaban J connectivity index is 2.23. The number of aryl methyl sites for hydroxylation is 2. The van der Waals surface area contributed by atoms with E-state index < -0.39 is 0 Å². The third-order valence-electron chi connectivity index (χ3n) is 3.61. The molecule has 2 rings (SSSR count). The Morgan fingerprint density at radius 1 is 1.33 bits per heavy atom. The van der Waals surface area contributed by atoms with E-state index in [0.717, 1.165) is 42.3 Å². The monoisotopic (exact) mass is 306 g/mol. The van der Waals surface area contributed by atoms with Gasteiger partial charge in [0.1, 0.15) is 12.2 Å². The van der Waals surface area contributed by atoms with Crippen molar-refractivity contribution in [3.8, 4) is 0 Å². The summed E-state index contributed by atoms with van der Waals surface area (Å²) >= 11 is 6.13. The van der Waals surface area contributed by atoms with E-state index in [1.165, 1.54) is 5.56 Å². The summed E-state index contributed by atoms with van der Waals surface area (Å²) in [5.41, 5.74) is 2.35. The summed E-state index contributed by atoms with van der Waals surface area (Å²) in [7, 11) is 0. The maximum Gasteiger partial charge on any atom is 0.138 e. The molecule has 0 radical (unpaired) electrons. The van der Waals surface area contributed by atoms with E-state index in [1.807, 2.05) is 17.7 Å². The fourth-order valence-electron chi connectivity index (χ4n) is 2.40. The van der Waals surface area contributed by atoms with E-state index in [0.29, 0.717) is 0 Å². The van der Waals surface area contributed by atoms with Gasteiger partial charge in [-0.05, 0) is 44.0 Å². The van der Waals surface area contributed by atoms with Crippen LogP contribution in [0.4, 0.5) is 0 Å². The Morgan fingerprint density at radius 3 is 2.81 bits per heavy atom. The molecule has 1 atom stereocenters. The maximum atomic E-state index is 6.13. The molecule has 1 unspecified atom stereocenters. The van der Waals surface area contributed by atoms with Gasteiger partial charge in [-0.2, -0.15) is 5.10 Å². The highest BCUT2D eigenvalue weighted by Crippen LogP contribution is 2.23. The number of halogens is 1. The molecule has 1 heterocycles. The number of nitrogens with one attached hydrogen (secondary N) is 1. The topological polar surface area (TPSA) is 42.7 Å². The van der Waals surface area contributed by atoms with Gasteiger partial charge in [-0.25, -0.2) is 4.98 Å². The van der Waals surface area contributed by atoms with Gasteiger partial charge < -0.3 is 5.32 Å². The molecule has 0 fully saturated rings. The first-order valence-corrected chi connectivity index (χ1v) is 7.89. The molecule has 0 amide bonds. The molecular weight excluding hydrogens is 284 g/mol. The number of hydrogen-bond donors (Lipinski definition) is 1. The van der Waals surface area contributed by atoms with Crippen LogP contribution in [0, 0.1) is 6.92 Å². The van der Waals surface area contributed by atoms with Crippen molar-refractivity contribution < 1.29 is 0 Å². The molecule has 0 saturated carbocycles. The van der Waals surface area contributed by atoms with Gasteiger partial charge >= 0.3 is 0 Å². The van der Waals surface area contributed by atoms with Gasteiger partial charge in [-0.3, -0.25) is 4.68 Å². The normalized spacial score (nSPS) is 12.6. The summed E-state index contributed by atoms with van der Waals surface area (Å²) in [6.07, 6.45) is 3.56. The zero-order valence-electron chi connectivity index (χ0n) is 12.9. The van der Waals surface area contributed by atoms with E-state index in [1.54, 1.807) is 6.33 Å². The van der Waals surface area contributed by atoms with Crippen molar-refractivity contribution in [3.63, 3.8) is 0 Å². The van der Waals surface area contributed by atoms with E-state index in [2.05, 4.69) is 41.4 Å². The minimum atomic E-state index is 0.232. The Kier molecular flexibility index (Phi) is 5.76. The Bertz CT molecular complexity index is 579. The third-order valence-corrected chi connectivity index (χ3v) is 4.03. The van der Waals surface area contributed by atoms with Gasteiger partial charge in [-0.1, -0.05) is 30.7 Å². The molecule has 0 bridgehead atoms. The molecule has 5 heteroatoms. The molecule has 21 heavy (non-hydrogen) atoms. The highest BCUT2D eigenvalue weighted by molar-refractivity contribution is 6.31. The first-order chi connectivity index (χ1) is 10.2. The van der Waals surface area contributed by atoms with Crippen LogP contribution in [0.2, 0.25) is 5.02 Å². The number of nitrogens with zero attached hydrogens (tertiary/aromatic N) is 3. The minimum Gasteiger partial charge on any atom is -0.310 e. The summed E-state index contributed by atoms with van der Waals surface area (Å²) in [4.78, 5) is 4.39. The van der Waals surface area contributed by atoms with Crippen LogP contribution in [0.25, 0.3) is 0 Å². The zero-order chi connectivity index (χ0) is 15.2. The third kappa shape index (κ3) is 4.05. The zero-order valence-corrected chi connectivity index (χ0v) is 13.7. The molecule has 0 spiro atoms. The average molecular weight is 307 g/mol. The van der Waals surface area contributed by atoms with Crippen LogP contribution in [0.1, 0.15) is 43.3 Å². The lowest BCUT2D eigenvalue weighted by atomic mass is 10.0. The van der Waals surface area contributed by atoms with Gasteiger partial charge in [-0.15, -0.1) is 0 Å². The molecule has 1 N–H and O–H groups in total. The molecule has 4 nitrogen and oxygen atoms in total. The van der Waals surface area contributed by atoms with Crippen LogP contribution in [0.3, 0.4) is 0 Å². The average Bonchev–Trinajstić information content (AvgIpc) is 2.93. The predicted octanol–water partition coefficient (Wildman–Crippen LogP) is 3.54. The van der Waals surface area contributed by atoms with Crippen LogP contribution in [-0.2, 0) is 13.0 Å². The van der Waals surface area contributed by atoms with E-state index in [9.17, 15) is 0 Å². The lowest BCUT2D eigenvalue weighted by Gasteiger charge is -2.19.